The van der Waals surface area contributed by atoms with Gasteiger partial charge in [-0.15, -0.1) is 0 Å². The van der Waals surface area contributed by atoms with E-state index in [0.717, 1.165) is 21.8 Å². The first-order valence-electron chi connectivity index (χ1n) is 4.70. The van der Waals surface area contributed by atoms with Crippen LogP contribution >= 0.6 is 11.6 Å². The first kappa shape index (κ1) is 9.99. The van der Waals surface area contributed by atoms with Crippen LogP contribution in [-0.2, 0) is 0 Å². The Hall–Kier alpha value is -1.54. The minimum Gasteiger partial charge on any atom is -0.285 e. The number of benzene rings is 1. The van der Waals surface area contributed by atoms with Crippen LogP contribution in [0.5, 0.6) is 0 Å². The highest BCUT2D eigenvalue weighted by molar-refractivity contribution is 6.32. The van der Waals surface area contributed by atoms with Gasteiger partial charge in [-0.3, -0.25) is 5.10 Å². The predicted molar refractivity (Wildman–Crippen MR) is 63.7 cm³/mol. The summed E-state index contributed by atoms with van der Waals surface area (Å²) in [7, 11) is 0. The third-order valence-corrected chi connectivity index (χ3v) is 2.54. The molecule has 0 aliphatic rings. The summed E-state index contributed by atoms with van der Waals surface area (Å²) in [4.78, 5) is 0. The molecule has 0 bridgehead atoms. The van der Waals surface area contributed by atoms with Gasteiger partial charge in [-0.2, -0.15) is 5.10 Å². The van der Waals surface area contributed by atoms with Crippen LogP contribution in [-0.4, -0.2) is 10.2 Å². The summed E-state index contributed by atoms with van der Waals surface area (Å²) in [6.07, 6.45) is 5.71. The van der Waals surface area contributed by atoms with E-state index >= 15 is 0 Å². The molecular weight excluding hydrogens is 208 g/mol. The molecule has 3 heteroatoms. The Labute approximate surface area is 93.6 Å². The maximum atomic E-state index is 6.09. The molecule has 1 N–H and O–H groups in total. The van der Waals surface area contributed by atoms with Gasteiger partial charge in [-0.1, -0.05) is 29.8 Å². The molecule has 2 nitrogen and oxygen atoms in total. The molecule has 0 saturated carbocycles. The number of aromatic nitrogens is 2. The van der Waals surface area contributed by atoms with Crippen LogP contribution in [0.2, 0.25) is 5.02 Å². The predicted octanol–water partition coefficient (Wildman–Crippen LogP) is 3.54. The van der Waals surface area contributed by atoms with Crippen molar-refractivity contribution >= 4 is 23.8 Å². The second kappa shape index (κ2) is 4.32. The fourth-order valence-electron chi connectivity index (χ4n) is 1.39. The van der Waals surface area contributed by atoms with Crippen LogP contribution in [0.3, 0.4) is 0 Å². The van der Waals surface area contributed by atoms with Crippen molar-refractivity contribution in [2.45, 2.75) is 6.92 Å². The number of nitrogens with one attached hydrogen (secondary N) is 1. The fraction of sp³-hybridized carbons (Fsp3) is 0.0833. The van der Waals surface area contributed by atoms with Gasteiger partial charge in [0.1, 0.15) is 0 Å². The molecule has 1 aromatic carbocycles. The Morgan fingerprint density at radius 3 is 2.80 bits per heavy atom. The van der Waals surface area contributed by atoms with Crippen molar-refractivity contribution in [3.8, 4) is 0 Å². The van der Waals surface area contributed by atoms with E-state index in [9.17, 15) is 0 Å². The summed E-state index contributed by atoms with van der Waals surface area (Å²) >= 11 is 6.09. The Kier molecular flexibility index (Phi) is 2.88. The van der Waals surface area contributed by atoms with Gasteiger partial charge in [0.05, 0.1) is 5.69 Å². The molecule has 0 unspecified atom stereocenters. The summed E-state index contributed by atoms with van der Waals surface area (Å²) < 4.78 is 0. The molecule has 76 valence electrons. The van der Waals surface area contributed by atoms with Gasteiger partial charge in [-0.05, 0) is 36.3 Å². The highest BCUT2D eigenvalue weighted by Crippen LogP contribution is 2.21. The first-order chi connectivity index (χ1) is 7.27. The highest BCUT2D eigenvalue weighted by Gasteiger charge is 1.99. The second-order valence-electron chi connectivity index (χ2n) is 3.30. The van der Waals surface area contributed by atoms with E-state index in [1.807, 2.05) is 43.3 Å². The van der Waals surface area contributed by atoms with Crippen molar-refractivity contribution in [2.24, 2.45) is 0 Å². The van der Waals surface area contributed by atoms with E-state index in [4.69, 9.17) is 11.6 Å². The topological polar surface area (TPSA) is 28.7 Å². The van der Waals surface area contributed by atoms with E-state index < -0.39 is 0 Å². The summed E-state index contributed by atoms with van der Waals surface area (Å²) in [6, 6.07) is 7.78. The number of halogens is 1. The smallest absolute Gasteiger partial charge is 0.0848 e. The van der Waals surface area contributed by atoms with Crippen LogP contribution in [0.25, 0.3) is 12.2 Å². The zero-order valence-corrected chi connectivity index (χ0v) is 9.12. The van der Waals surface area contributed by atoms with Crippen molar-refractivity contribution in [3.05, 3.63) is 52.3 Å². The van der Waals surface area contributed by atoms with E-state index in [0.29, 0.717) is 0 Å². The Bertz CT molecular complexity index is 452. The van der Waals surface area contributed by atoms with E-state index in [-0.39, 0.29) is 0 Å². The Morgan fingerprint density at radius 2 is 2.13 bits per heavy atom. The third-order valence-electron chi connectivity index (χ3n) is 2.21. The molecule has 15 heavy (non-hydrogen) atoms. The third kappa shape index (κ3) is 2.28. The van der Waals surface area contributed by atoms with Crippen molar-refractivity contribution in [1.82, 2.24) is 10.2 Å². The lowest BCUT2D eigenvalue weighted by Gasteiger charge is -2.01. The van der Waals surface area contributed by atoms with Gasteiger partial charge < -0.3 is 0 Å². The van der Waals surface area contributed by atoms with Gasteiger partial charge in [0.15, 0.2) is 0 Å². The van der Waals surface area contributed by atoms with Gasteiger partial charge in [0.2, 0.25) is 0 Å². The van der Waals surface area contributed by atoms with Gasteiger partial charge in [0.25, 0.3) is 0 Å². The van der Waals surface area contributed by atoms with Crippen molar-refractivity contribution in [3.63, 3.8) is 0 Å². The summed E-state index contributed by atoms with van der Waals surface area (Å²) in [5.41, 5.74) is 3.10. The summed E-state index contributed by atoms with van der Waals surface area (Å²) in [5.74, 6) is 0. The number of aromatic amines is 1. The molecule has 0 saturated heterocycles. The lowest BCUT2D eigenvalue weighted by atomic mass is 10.1. The van der Waals surface area contributed by atoms with Gasteiger partial charge in [-0.25, -0.2) is 0 Å². The molecule has 0 aliphatic heterocycles. The Balaban J connectivity index is 2.32. The number of nitrogens with zero attached hydrogens (tertiary/aromatic N) is 1. The van der Waals surface area contributed by atoms with Gasteiger partial charge in [0, 0.05) is 11.2 Å². The maximum absolute atomic E-state index is 6.09. The minimum absolute atomic E-state index is 0.766. The molecule has 1 heterocycles. The lowest BCUT2D eigenvalue weighted by Crippen LogP contribution is -1.81. The average Bonchev–Trinajstić information content (AvgIpc) is 2.70. The number of hydrogen-bond donors (Lipinski definition) is 1. The number of hydrogen-bond acceptors (Lipinski definition) is 1. The molecule has 2 rings (SSSR count). The summed E-state index contributed by atoms with van der Waals surface area (Å²) in [6.45, 7) is 2.04. The molecular formula is C12H11ClN2. The molecule has 2 aromatic rings. The maximum Gasteiger partial charge on any atom is 0.0848 e. The van der Waals surface area contributed by atoms with Crippen molar-refractivity contribution in [2.75, 3.05) is 0 Å². The van der Waals surface area contributed by atoms with Crippen LogP contribution in [0.1, 0.15) is 16.8 Å². The van der Waals surface area contributed by atoms with Crippen LogP contribution < -0.4 is 0 Å². The Morgan fingerprint density at radius 1 is 1.27 bits per heavy atom. The first-order valence-corrected chi connectivity index (χ1v) is 5.08. The largest absolute Gasteiger partial charge is 0.285 e. The minimum atomic E-state index is 0.766. The van der Waals surface area contributed by atoms with Crippen LogP contribution in [0.4, 0.5) is 0 Å². The zero-order valence-electron chi connectivity index (χ0n) is 8.37. The van der Waals surface area contributed by atoms with E-state index in [2.05, 4.69) is 10.2 Å². The number of aryl methyl sites for hydroxylation is 1. The molecule has 0 radical (unpaired) electrons. The average molecular weight is 219 g/mol. The number of H-pyrrole nitrogens is 1. The normalized spacial score (nSPS) is 11.1. The van der Waals surface area contributed by atoms with Crippen LogP contribution in [0, 0.1) is 6.92 Å². The highest BCUT2D eigenvalue weighted by atomic mass is 35.5. The fourth-order valence-corrected chi connectivity index (χ4v) is 1.67. The molecule has 0 spiro atoms. The quantitative estimate of drug-likeness (QED) is 0.821. The van der Waals surface area contributed by atoms with Crippen LogP contribution in [0.15, 0.2) is 30.5 Å². The number of rotatable bonds is 2. The standard InChI is InChI=1S/C12H11ClN2/c1-9-3-2-4-12(13)11(9)6-5-10-7-8-14-15-10/h2-8H,1H3,(H,14,15)/b6-5+. The molecule has 0 aliphatic carbocycles. The molecule has 0 fully saturated rings. The van der Waals surface area contributed by atoms with E-state index in [1.165, 1.54) is 0 Å². The monoisotopic (exact) mass is 218 g/mol. The van der Waals surface area contributed by atoms with Crippen molar-refractivity contribution < 1.29 is 0 Å². The lowest BCUT2D eigenvalue weighted by molar-refractivity contribution is 1.08. The molecule has 1 aromatic heterocycles. The molecule has 0 amide bonds. The van der Waals surface area contributed by atoms with E-state index in [1.54, 1.807) is 6.20 Å². The second-order valence-corrected chi connectivity index (χ2v) is 3.71. The SMILES string of the molecule is Cc1cccc(Cl)c1/C=C/c1cc[nH]n1. The summed E-state index contributed by atoms with van der Waals surface area (Å²) in [5, 5.41) is 7.56. The van der Waals surface area contributed by atoms with Crippen molar-refractivity contribution in [1.29, 1.82) is 0 Å². The zero-order chi connectivity index (χ0) is 10.7. The molecule has 0 atom stereocenters. The van der Waals surface area contributed by atoms with Gasteiger partial charge >= 0.3 is 0 Å².